The van der Waals surface area contributed by atoms with E-state index in [1.54, 1.807) is 23.6 Å². The minimum atomic E-state index is -0.382. The van der Waals surface area contributed by atoms with E-state index < -0.39 is 0 Å². The van der Waals surface area contributed by atoms with Crippen LogP contribution in [0.4, 0.5) is 0 Å². The lowest BCUT2D eigenvalue weighted by Crippen LogP contribution is -2.49. The summed E-state index contributed by atoms with van der Waals surface area (Å²) >= 11 is 1.71. The van der Waals surface area contributed by atoms with Gasteiger partial charge in [-0.1, -0.05) is 0 Å². The van der Waals surface area contributed by atoms with E-state index >= 15 is 0 Å². The summed E-state index contributed by atoms with van der Waals surface area (Å²) in [5, 5.41) is 4.24. The van der Waals surface area contributed by atoms with Crippen LogP contribution in [0.5, 0.6) is 0 Å². The van der Waals surface area contributed by atoms with Gasteiger partial charge in [0.1, 0.15) is 6.54 Å². The molecule has 2 aromatic rings. The van der Waals surface area contributed by atoms with E-state index in [4.69, 9.17) is 0 Å². The Bertz CT molecular complexity index is 675. The number of hydrogen-bond donors (Lipinski definition) is 0. The predicted octanol–water partition coefficient (Wildman–Crippen LogP) is 0.649. The van der Waals surface area contributed by atoms with Gasteiger partial charge < -0.3 is 4.90 Å². The van der Waals surface area contributed by atoms with Crippen LogP contribution in [0.15, 0.2) is 40.1 Å². The highest BCUT2D eigenvalue weighted by Crippen LogP contribution is 2.11. The number of hydrogen-bond acceptors (Lipinski definition) is 5. The highest BCUT2D eigenvalue weighted by Gasteiger charge is 2.21. The Balaban J connectivity index is 1.51. The van der Waals surface area contributed by atoms with Crippen molar-refractivity contribution in [1.29, 1.82) is 0 Å². The largest absolute Gasteiger partial charge is 0.347 e. The number of piperazine rings is 1. The lowest BCUT2D eigenvalue weighted by Gasteiger charge is -2.34. The number of nitrogens with zero attached hydrogens (tertiary/aromatic N) is 4. The molecule has 0 bridgehead atoms. The molecule has 3 heterocycles. The van der Waals surface area contributed by atoms with Gasteiger partial charge in [-0.3, -0.25) is 14.3 Å². The average molecular weight is 318 g/mol. The summed E-state index contributed by atoms with van der Waals surface area (Å²) in [5.41, 5.74) is 0.943. The molecule has 1 aliphatic rings. The smallest absolute Gasteiger partial charge is 0.339 e. The van der Waals surface area contributed by atoms with Crippen LogP contribution >= 0.6 is 11.3 Å². The number of rotatable bonds is 4. The zero-order valence-corrected chi connectivity index (χ0v) is 13.0. The number of thiophene rings is 1. The molecule has 1 aliphatic heterocycles. The third-order valence-corrected chi connectivity index (χ3v) is 4.53. The summed E-state index contributed by atoms with van der Waals surface area (Å²) in [6.45, 7) is 4.15. The molecule has 22 heavy (non-hydrogen) atoms. The molecule has 6 nitrogen and oxygen atoms in total. The number of aromatic nitrogens is 2. The van der Waals surface area contributed by atoms with E-state index in [-0.39, 0.29) is 18.1 Å². The fourth-order valence-corrected chi connectivity index (χ4v) is 3.21. The lowest BCUT2D eigenvalue weighted by molar-refractivity contribution is -0.133. The fourth-order valence-electron chi connectivity index (χ4n) is 2.55. The van der Waals surface area contributed by atoms with Crippen molar-refractivity contribution < 1.29 is 4.79 Å². The standard InChI is InChI=1S/C15H18N4O2S/c20-14(11-19-4-1-3-16-15(19)21)18-7-5-17(6-8-18)10-13-2-9-22-12-13/h1-4,9,12H,5-8,10-11H2. The van der Waals surface area contributed by atoms with Crippen LogP contribution < -0.4 is 5.69 Å². The van der Waals surface area contributed by atoms with Gasteiger partial charge in [0.05, 0.1) is 0 Å². The second-order valence-corrected chi connectivity index (χ2v) is 6.10. The topological polar surface area (TPSA) is 58.4 Å². The molecule has 0 spiro atoms. The molecule has 1 fully saturated rings. The van der Waals surface area contributed by atoms with Crippen LogP contribution in [-0.4, -0.2) is 51.4 Å². The van der Waals surface area contributed by atoms with E-state index in [1.807, 2.05) is 4.90 Å². The summed E-state index contributed by atoms with van der Waals surface area (Å²) in [5.74, 6) is -0.0229. The van der Waals surface area contributed by atoms with Gasteiger partial charge in [0.15, 0.2) is 0 Å². The van der Waals surface area contributed by atoms with Crippen LogP contribution in [0.2, 0.25) is 0 Å². The fraction of sp³-hybridized carbons (Fsp3) is 0.400. The molecule has 0 saturated carbocycles. The van der Waals surface area contributed by atoms with E-state index in [2.05, 4.69) is 26.7 Å². The summed E-state index contributed by atoms with van der Waals surface area (Å²) < 4.78 is 1.35. The minimum Gasteiger partial charge on any atom is -0.339 e. The molecule has 116 valence electrons. The first-order valence-electron chi connectivity index (χ1n) is 7.25. The van der Waals surface area contributed by atoms with E-state index in [0.29, 0.717) is 13.1 Å². The maximum absolute atomic E-state index is 12.3. The summed E-state index contributed by atoms with van der Waals surface area (Å²) in [7, 11) is 0. The Hall–Kier alpha value is -1.99. The molecule has 7 heteroatoms. The minimum absolute atomic E-state index is 0.0229. The molecular weight excluding hydrogens is 300 g/mol. The van der Waals surface area contributed by atoms with Crippen molar-refractivity contribution in [2.24, 2.45) is 0 Å². The van der Waals surface area contributed by atoms with Gasteiger partial charge in [0.2, 0.25) is 5.91 Å². The van der Waals surface area contributed by atoms with E-state index in [1.165, 1.54) is 16.3 Å². The van der Waals surface area contributed by atoms with E-state index in [0.717, 1.165) is 19.6 Å². The van der Waals surface area contributed by atoms with Crippen molar-refractivity contribution in [1.82, 2.24) is 19.4 Å². The monoisotopic (exact) mass is 318 g/mol. The van der Waals surface area contributed by atoms with Crippen LogP contribution in [0.1, 0.15) is 5.56 Å². The Morgan fingerprint density at radius 1 is 1.27 bits per heavy atom. The molecular formula is C15H18N4O2S. The molecule has 1 amide bonds. The van der Waals surface area contributed by atoms with Crippen LogP contribution in [0.3, 0.4) is 0 Å². The maximum atomic E-state index is 12.3. The zero-order chi connectivity index (χ0) is 15.4. The Labute approximate surface area is 132 Å². The first-order chi connectivity index (χ1) is 10.7. The van der Waals surface area contributed by atoms with Crippen LogP contribution in [-0.2, 0) is 17.9 Å². The molecule has 0 unspecified atom stereocenters. The van der Waals surface area contributed by atoms with Crippen LogP contribution in [0.25, 0.3) is 0 Å². The predicted molar refractivity (Wildman–Crippen MR) is 84.7 cm³/mol. The first-order valence-corrected chi connectivity index (χ1v) is 8.19. The molecule has 3 rings (SSSR count). The van der Waals surface area contributed by atoms with Crippen molar-refractivity contribution in [2.45, 2.75) is 13.1 Å². The molecule has 0 N–H and O–H groups in total. The van der Waals surface area contributed by atoms with Crippen LogP contribution in [0, 0.1) is 0 Å². The van der Waals surface area contributed by atoms with Gasteiger partial charge >= 0.3 is 5.69 Å². The molecule has 2 aromatic heterocycles. The molecule has 0 aromatic carbocycles. The zero-order valence-electron chi connectivity index (χ0n) is 12.2. The second-order valence-electron chi connectivity index (χ2n) is 5.32. The van der Waals surface area contributed by atoms with Gasteiger partial charge in [-0.2, -0.15) is 11.3 Å². The number of carbonyl (C=O) groups is 1. The van der Waals surface area contributed by atoms with E-state index in [9.17, 15) is 9.59 Å². The SMILES string of the molecule is O=C(Cn1cccnc1=O)N1CCN(Cc2ccsc2)CC1. The molecule has 0 aliphatic carbocycles. The highest BCUT2D eigenvalue weighted by molar-refractivity contribution is 7.07. The van der Waals surface area contributed by atoms with Gasteiger partial charge in [-0.05, 0) is 28.5 Å². The first kappa shape index (κ1) is 14.9. The van der Waals surface area contributed by atoms with Crippen molar-refractivity contribution in [3.63, 3.8) is 0 Å². The van der Waals surface area contributed by atoms with Gasteiger partial charge in [-0.15, -0.1) is 0 Å². The van der Waals surface area contributed by atoms with Gasteiger partial charge in [0.25, 0.3) is 0 Å². The second kappa shape index (κ2) is 6.85. The molecule has 1 saturated heterocycles. The lowest BCUT2D eigenvalue weighted by atomic mass is 10.2. The third kappa shape index (κ3) is 3.61. The summed E-state index contributed by atoms with van der Waals surface area (Å²) in [4.78, 5) is 31.6. The number of amides is 1. The Morgan fingerprint density at radius 2 is 2.09 bits per heavy atom. The average Bonchev–Trinajstić information content (AvgIpc) is 3.03. The quantitative estimate of drug-likeness (QED) is 0.830. The maximum Gasteiger partial charge on any atom is 0.347 e. The van der Waals surface area contributed by atoms with Crippen molar-refractivity contribution >= 4 is 17.2 Å². The Morgan fingerprint density at radius 3 is 2.77 bits per heavy atom. The Kier molecular flexibility index (Phi) is 4.65. The van der Waals surface area contributed by atoms with Crippen molar-refractivity contribution in [2.75, 3.05) is 26.2 Å². The normalized spacial score (nSPS) is 15.9. The molecule has 0 radical (unpaired) electrons. The van der Waals surface area contributed by atoms with Gasteiger partial charge in [-0.25, -0.2) is 9.78 Å². The van der Waals surface area contributed by atoms with Crippen molar-refractivity contribution in [3.8, 4) is 0 Å². The van der Waals surface area contributed by atoms with Gasteiger partial charge in [0, 0.05) is 45.1 Å². The summed E-state index contributed by atoms with van der Waals surface area (Å²) in [6, 6.07) is 3.80. The third-order valence-electron chi connectivity index (χ3n) is 3.80. The van der Waals surface area contributed by atoms with Crippen molar-refractivity contribution in [3.05, 3.63) is 51.3 Å². The molecule has 0 atom stereocenters. The summed E-state index contributed by atoms with van der Waals surface area (Å²) in [6.07, 6.45) is 3.03. The highest BCUT2D eigenvalue weighted by atomic mass is 32.1. The number of carbonyl (C=O) groups excluding carboxylic acids is 1.